The first-order chi connectivity index (χ1) is 12.6. The van der Waals surface area contributed by atoms with Gasteiger partial charge in [0.25, 0.3) is 9.84 Å². The van der Waals surface area contributed by atoms with Gasteiger partial charge >= 0.3 is 5.51 Å². The van der Waals surface area contributed by atoms with Crippen LogP contribution in [0, 0.1) is 0 Å². The summed E-state index contributed by atoms with van der Waals surface area (Å²) < 4.78 is 60.2. The van der Waals surface area contributed by atoms with Crippen molar-refractivity contribution in [2.75, 3.05) is 0 Å². The summed E-state index contributed by atoms with van der Waals surface area (Å²) in [6.07, 6.45) is 2.98. The Morgan fingerprint density at radius 1 is 1.11 bits per heavy atom. The number of halogens is 3. The highest BCUT2D eigenvalue weighted by atomic mass is 32.2. The second kappa shape index (κ2) is 8.39. The van der Waals surface area contributed by atoms with E-state index in [-0.39, 0.29) is 11.5 Å². The molecule has 2 aromatic carbocycles. The molecular formula is C19H18F3NO3S. The minimum atomic E-state index is -5.30. The molecule has 0 aliphatic rings. The van der Waals surface area contributed by atoms with E-state index >= 15 is 0 Å². The third kappa shape index (κ3) is 5.96. The monoisotopic (exact) mass is 397 g/mol. The minimum Gasteiger partial charge on any atom is -0.346 e. The molecule has 0 heterocycles. The topological polar surface area (TPSA) is 63.2 Å². The van der Waals surface area contributed by atoms with Gasteiger partial charge in [0.2, 0.25) is 5.91 Å². The average Bonchev–Trinajstić information content (AvgIpc) is 2.60. The number of sulfone groups is 1. The van der Waals surface area contributed by atoms with E-state index in [0.717, 1.165) is 5.56 Å². The third-order valence-corrected chi connectivity index (χ3v) is 5.16. The lowest BCUT2D eigenvalue weighted by Gasteiger charge is -2.15. The molecule has 0 saturated heterocycles. The molecule has 0 aliphatic heterocycles. The Morgan fingerprint density at radius 2 is 1.78 bits per heavy atom. The number of carbonyl (C=O) groups excluding carboxylic acids is 1. The second-order valence-electron chi connectivity index (χ2n) is 5.92. The van der Waals surface area contributed by atoms with E-state index in [2.05, 4.69) is 5.32 Å². The number of hydrogen-bond acceptors (Lipinski definition) is 3. The Kier molecular flexibility index (Phi) is 6.43. The van der Waals surface area contributed by atoms with Crippen LogP contribution < -0.4 is 5.32 Å². The molecule has 0 radical (unpaired) electrons. The van der Waals surface area contributed by atoms with Crippen molar-refractivity contribution in [3.05, 3.63) is 77.4 Å². The normalized spacial score (nSPS) is 13.5. The molecule has 0 aromatic heterocycles. The van der Waals surface area contributed by atoms with Crippen LogP contribution in [0.4, 0.5) is 13.2 Å². The molecule has 1 amide bonds. The fourth-order valence-corrected chi connectivity index (χ4v) is 3.12. The second-order valence-corrected chi connectivity index (χ2v) is 7.91. The highest BCUT2D eigenvalue weighted by molar-refractivity contribution is 7.91. The van der Waals surface area contributed by atoms with Gasteiger partial charge < -0.3 is 5.32 Å². The summed E-state index contributed by atoms with van der Waals surface area (Å²) in [5, 5.41) is 2.69. The van der Waals surface area contributed by atoms with Crippen LogP contribution in [0.1, 0.15) is 29.7 Å². The van der Waals surface area contributed by atoms with Gasteiger partial charge in [0.05, 0.1) is 11.8 Å². The van der Waals surface area contributed by atoms with E-state index in [0.29, 0.717) is 5.56 Å². The Morgan fingerprint density at radius 3 is 2.41 bits per heavy atom. The van der Waals surface area contributed by atoms with Gasteiger partial charge in [0, 0.05) is 6.08 Å². The van der Waals surface area contributed by atoms with Crippen molar-refractivity contribution in [2.45, 2.75) is 24.2 Å². The molecule has 0 bridgehead atoms. The summed E-state index contributed by atoms with van der Waals surface area (Å²) in [5.41, 5.74) is -3.94. The molecular weight excluding hydrogens is 379 g/mol. The summed E-state index contributed by atoms with van der Waals surface area (Å²) in [6.45, 7) is 1.66. The molecule has 0 aliphatic carbocycles. The quantitative estimate of drug-likeness (QED) is 0.749. The number of nitrogens with one attached hydrogen (secondary N) is 1. The molecule has 0 spiro atoms. The van der Waals surface area contributed by atoms with Crippen LogP contribution in [0.5, 0.6) is 0 Å². The predicted octanol–water partition coefficient (Wildman–Crippen LogP) is 4.01. The zero-order valence-electron chi connectivity index (χ0n) is 14.4. The van der Waals surface area contributed by atoms with Crippen LogP contribution in [0.15, 0.2) is 60.7 Å². The maximum absolute atomic E-state index is 12.5. The molecule has 27 heavy (non-hydrogen) atoms. The lowest BCUT2D eigenvalue weighted by molar-refractivity contribution is -0.117. The van der Waals surface area contributed by atoms with Crippen molar-refractivity contribution in [1.29, 1.82) is 0 Å². The maximum Gasteiger partial charge on any atom is 0.497 e. The first-order valence-corrected chi connectivity index (χ1v) is 9.65. The summed E-state index contributed by atoms with van der Waals surface area (Å²) >= 11 is 0. The van der Waals surface area contributed by atoms with Crippen molar-refractivity contribution in [3.8, 4) is 0 Å². The van der Waals surface area contributed by atoms with Gasteiger partial charge in [0.15, 0.2) is 0 Å². The number of benzene rings is 2. The van der Waals surface area contributed by atoms with Crippen LogP contribution in [0.2, 0.25) is 0 Å². The van der Waals surface area contributed by atoms with Crippen LogP contribution >= 0.6 is 0 Å². The zero-order chi connectivity index (χ0) is 20.1. The van der Waals surface area contributed by atoms with Crippen LogP contribution in [-0.2, 0) is 20.4 Å². The largest absolute Gasteiger partial charge is 0.497 e. The average molecular weight is 397 g/mol. The molecule has 0 saturated carbocycles. The third-order valence-electron chi connectivity index (χ3n) is 3.75. The van der Waals surface area contributed by atoms with Gasteiger partial charge in [-0.3, -0.25) is 4.79 Å². The van der Waals surface area contributed by atoms with Gasteiger partial charge in [0.1, 0.15) is 0 Å². The van der Waals surface area contributed by atoms with Gasteiger partial charge in [-0.2, -0.15) is 13.2 Å². The van der Waals surface area contributed by atoms with E-state index in [1.165, 1.54) is 24.3 Å². The van der Waals surface area contributed by atoms with Crippen LogP contribution in [0.3, 0.4) is 0 Å². The fourth-order valence-electron chi connectivity index (χ4n) is 2.33. The van der Waals surface area contributed by atoms with Crippen molar-refractivity contribution in [2.24, 2.45) is 0 Å². The summed E-state index contributed by atoms with van der Waals surface area (Å²) in [6, 6.07) is 14.4. The zero-order valence-corrected chi connectivity index (χ0v) is 15.2. The SMILES string of the molecule is C[C@H](NC(=O)/C=C/c1ccccc1)c1cccc(CS(=O)(=O)C(F)(F)F)c1. The lowest BCUT2D eigenvalue weighted by Crippen LogP contribution is -2.26. The number of alkyl halides is 3. The number of amides is 1. The van der Waals surface area contributed by atoms with Gasteiger partial charge in [-0.1, -0.05) is 54.6 Å². The van der Waals surface area contributed by atoms with E-state index in [1.54, 1.807) is 19.1 Å². The van der Waals surface area contributed by atoms with E-state index in [4.69, 9.17) is 0 Å². The molecule has 1 N–H and O–H groups in total. The standard InChI is InChI=1S/C19H18F3NO3S/c1-14(23-18(24)11-10-15-6-3-2-4-7-15)17-9-5-8-16(12-17)13-27(25,26)19(20,21)22/h2-12,14H,13H2,1H3,(H,23,24)/b11-10+/t14-/m0/s1. The smallest absolute Gasteiger partial charge is 0.346 e. The summed E-state index contributed by atoms with van der Waals surface area (Å²) in [4.78, 5) is 12.0. The molecule has 0 unspecified atom stereocenters. The Labute approximate surface area is 155 Å². The number of carbonyl (C=O) groups is 1. The van der Waals surface area contributed by atoms with Crippen molar-refractivity contribution >= 4 is 21.8 Å². The van der Waals surface area contributed by atoms with Crippen LogP contribution in [-0.4, -0.2) is 19.8 Å². The molecule has 144 valence electrons. The first kappa shape index (κ1) is 20.7. The van der Waals surface area contributed by atoms with Crippen molar-refractivity contribution in [3.63, 3.8) is 0 Å². The number of rotatable bonds is 6. The fraction of sp³-hybridized carbons (Fsp3) is 0.211. The number of hydrogen-bond donors (Lipinski definition) is 1. The van der Waals surface area contributed by atoms with E-state index < -0.39 is 27.1 Å². The Hall–Kier alpha value is -2.61. The Bertz CT molecular complexity index is 923. The summed E-state index contributed by atoms with van der Waals surface area (Å²) in [7, 11) is -5.25. The van der Waals surface area contributed by atoms with E-state index in [1.807, 2.05) is 30.3 Å². The molecule has 8 heteroatoms. The molecule has 0 fully saturated rings. The molecule has 2 aromatic rings. The van der Waals surface area contributed by atoms with Gasteiger partial charge in [-0.15, -0.1) is 0 Å². The molecule has 2 rings (SSSR count). The van der Waals surface area contributed by atoms with Crippen molar-refractivity contribution < 1.29 is 26.4 Å². The minimum absolute atomic E-state index is 0.00533. The Balaban J connectivity index is 2.05. The highest BCUT2D eigenvalue weighted by Gasteiger charge is 2.45. The molecule has 4 nitrogen and oxygen atoms in total. The summed E-state index contributed by atoms with van der Waals surface area (Å²) in [5.74, 6) is -1.52. The van der Waals surface area contributed by atoms with Gasteiger partial charge in [-0.05, 0) is 29.7 Å². The van der Waals surface area contributed by atoms with E-state index in [9.17, 15) is 26.4 Å². The highest BCUT2D eigenvalue weighted by Crippen LogP contribution is 2.27. The lowest BCUT2D eigenvalue weighted by atomic mass is 10.1. The predicted molar refractivity (Wildman–Crippen MR) is 97.2 cm³/mol. The molecule has 1 atom stereocenters. The first-order valence-electron chi connectivity index (χ1n) is 8.00. The van der Waals surface area contributed by atoms with Crippen LogP contribution in [0.25, 0.3) is 6.08 Å². The van der Waals surface area contributed by atoms with Gasteiger partial charge in [-0.25, -0.2) is 8.42 Å². The van der Waals surface area contributed by atoms with Crippen molar-refractivity contribution in [1.82, 2.24) is 5.32 Å². The maximum atomic E-state index is 12.5.